The summed E-state index contributed by atoms with van der Waals surface area (Å²) in [6, 6.07) is 10.8. The minimum atomic E-state index is -3.99. The van der Waals surface area contributed by atoms with Crippen molar-refractivity contribution in [2.75, 3.05) is 13.7 Å². The smallest absolute Gasteiger partial charge is 0.268 e. The van der Waals surface area contributed by atoms with E-state index in [1.807, 2.05) is 0 Å². The lowest BCUT2D eigenvalue weighted by atomic mass is 10.2. The lowest BCUT2D eigenvalue weighted by Crippen LogP contribution is -2.14. The predicted molar refractivity (Wildman–Crippen MR) is 105 cm³/mol. The molecule has 0 bridgehead atoms. The molecule has 0 saturated heterocycles. The van der Waals surface area contributed by atoms with Crippen LogP contribution in [0.4, 0.5) is 4.39 Å². The number of hydrogen-bond acceptors (Lipinski definition) is 5. The van der Waals surface area contributed by atoms with Crippen LogP contribution in [0, 0.1) is 5.95 Å². The van der Waals surface area contributed by atoms with E-state index in [0.717, 1.165) is 3.97 Å². The standard InChI is InChI=1S/C20H20FN3O3S/c1-3-10-27-16-6-4-7-17(12-16)28(25,26)24-14-15(13-22-2)11-19(24)18-8-5-9-23-20(18)21/h3-9,11-12,14,22H,1,10,13H2,2H3. The second kappa shape index (κ2) is 8.37. The molecule has 0 amide bonds. The Morgan fingerprint density at radius 3 is 2.82 bits per heavy atom. The maximum atomic E-state index is 14.3. The SMILES string of the molecule is C=CCOc1cccc(S(=O)(=O)n2cc(CNC)cc2-c2cccnc2F)c1. The molecule has 0 saturated carbocycles. The molecule has 0 atom stereocenters. The molecule has 2 aromatic heterocycles. The van der Waals surface area contributed by atoms with Gasteiger partial charge in [0.05, 0.1) is 16.2 Å². The Labute approximate surface area is 163 Å². The van der Waals surface area contributed by atoms with Crippen molar-refractivity contribution in [3.63, 3.8) is 0 Å². The van der Waals surface area contributed by atoms with Gasteiger partial charge in [0.2, 0.25) is 5.95 Å². The van der Waals surface area contributed by atoms with Crippen molar-refractivity contribution in [2.24, 2.45) is 0 Å². The highest BCUT2D eigenvalue weighted by Crippen LogP contribution is 2.29. The zero-order valence-electron chi connectivity index (χ0n) is 15.3. The van der Waals surface area contributed by atoms with Crippen LogP contribution in [-0.4, -0.2) is 31.0 Å². The molecule has 0 aliphatic heterocycles. The van der Waals surface area contributed by atoms with Crippen LogP contribution >= 0.6 is 0 Å². The number of pyridine rings is 1. The van der Waals surface area contributed by atoms with Crippen molar-refractivity contribution in [1.29, 1.82) is 0 Å². The van der Waals surface area contributed by atoms with Gasteiger partial charge in [0.15, 0.2) is 0 Å². The number of ether oxygens (including phenoxy) is 1. The molecule has 1 aromatic carbocycles. The summed E-state index contributed by atoms with van der Waals surface area (Å²) in [7, 11) is -2.24. The van der Waals surface area contributed by atoms with Gasteiger partial charge in [0.25, 0.3) is 10.0 Å². The fraction of sp³-hybridized carbons (Fsp3) is 0.150. The number of aromatic nitrogens is 2. The Balaban J connectivity index is 2.14. The average Bonchev–Trinajstić information content (AvgIpc) is 3.12. The number of halogens is 1. The van der Waals surface area contributed by atoms with Gasteiger partial charge in [0.1, 0.15) is 12.4 Å². The second-order valence-corrected chi connectivity index (χ2v) is 7.80. The van der Waals surface area contributed by atoms with Crippen LogP contribution in [0.5, 0.6) is 5.75 Å². The number of nitrogens with zero attached hydrogens (tertiary/aromatic N) is 2. The molecule has 2 heterocycles. The van der Waals surface area contributed by atoms with Gasteiger partial charge in [-0.15, -0.1) is 0 Å². The second-order valence-electron chi connectivity index (χ2n) is 5.98. The summed E-state index contributed by atoms with van der Waals surface area (Å²) in [5.41, 5.74) is 1.00. The van der Waals surface area contributed by atoms with Crippen LogP contribution in [0.1, 0.15) is 5.56 Å². The molecule has 3 rings (SSSR count). The lowest BCUT2D eigenvalue weighted by molar-refractivity contribution is 0.362. The number of benzene rings is 1. The maximum Gasteiger partial charge on any atom is 0.268 e. The Kier molecular flexibility index (Phi) is 5.91. The van der Waals surface area contributed by atoms with Gasteiger partial charge in [-0.3, -0.25) is 0 Å². The fourth-order valence-corrected chi connectivity index (χ4v) is 4.19. The molecule has 28 heavy (non-hydrogen) atoms. The Morgan fingerprint density at radius 1 is 1.29 bits per heavy atom. The first-order valence-electron chi connectivity index (χ1n) is 8.53. The largest absolute Gasteiger partial charge is 0.490 e. The zero-order valence-corrected chi connectivity index (χ0v) is 16.1. The van der Waals surface area contributed by atoms with Crippen LogP contribution in [0.15, 0.2) is 72.4 Å². The summed E-state index contributed by atoms with van der Waals surface area (Å²) in [5, 5.41) is 2.97. The summed E-state index contributed by atoms with van der Waals surface area (Å²) in [4.78, 5) is 3.67. The molecule has 0 radical (unpaired) electrons. The highest BCUT2D eigenvalue weighted by Gasteiger charge is 2.24. The normalized spacial score (nSPS) is 11.4. The molecule has 146 valence electrons. The molecule has 0 aliphatic carbocycles. The van der Waals surface area contributed by atoms with E-state index in [1.54, 1.807) is 37.4 Å². The van der Waals surface area contributed by atoms with Gasteiger partial charge >= 0.3 is 0 Å². The molecule has 6 nitrogen and oxygen atoms in total. The Morgan fingerprint density at radius 2 is 2.11 bits per heavy atom. The van der Waals surface area contributed by atoms with Crippen molar-refractivity contribution in [2.45, 2.75) is 11.4 Å². The first-order valence-corrected chi connectivity index (χ1v) is 9.97. The number of hydrogen-bond donors (Lipinski definition) is 1. The van der Waals surface area contributed by atoms with E-state index in [9.17, 15) is 12.8 Å². The van der Waals surface area contributed by atoms with Gasteiger partial charge in [-0.05, 0) is 42.9 Å². The van der Waals surface area contributed by atoms with E-state index in [1.165, 1.54) is 30.6 Å². The summed E-state index contributed by atoms with van der Waals surface area (Å²) in [6.45, 7) is 4.26. The van der Waals surface area contributed by atoms with Crippen molar-refractivity contribution in [1.82, 2.24) is 14.3 Å². The quantitative estimate of drug-likeness (QED) is 0.464. The molecular formula is C20H20FN3O3S. The molecule has 1 N–H and O–H groups in total. The number of rotatable bonds is 8. The highest BCUT2D eigenvalue weighted by molar-refractivity contribution is 7.90. The molecule has 3 aromatic rings. The van der Waals surface area contributed by atoms with Crippen LogP contribution < -0.4 is 10.1 Å². The van der Waals surface area contributed by atoms with E-state index in [2.05, 4.69) is 16.9 Å². The summed E-state index contributed by atoms with van der Waals surface area (Å²) < 4.78 is 47.4. The zero-order chi connectivity index (χ0) is 20.1. The lowest BCUT2D eigenvalue weighted by Gasteiger charge is -2.12. The minimum absolute atomic E-state index is 0.0335. The third-order valence-electron chi connectivity index (χ3n) is 3.99. The van der Waals surface area contributed by atoms with E-state index >= 15 is 0 Å². The van der Waals surface area contributed by atoms with Crippen LogP contribution in [0.2, 0.25) is 0 Å². The van der Waals surface area contributed by atoms with Gasteiger partial charge in [0, 0.05) is 25.0 Å². The van der Waals surface area contributed by atoms with Crippen LogP contribution in [-0.2, 0) is 16.6 Å². The molecule has 0 unspecified atom stereocenters. The Bertz CT molecular complexity index is 1090. The van der Waals surface area contributed by atoms with Crippen molar-refractivity contribution in [3.8, 4) is 17.0 Å². The van der Waals surface area contributed by atoms with E-state index in [-0.39, 0.29) is 22.8 Å². The summed E-state index contributed by atoms with van der Waals surface area (Å²) in [5.74, 6) is -0.339. The fourth-order valence-electron chi connectivity index (χ4n) is 2.76. The van der Waals surface area contributed by atoms with E-state index in [4.69, 9.17) is 4.74 Å². The van der Waals surface area contributed by atoms with Crippen LogP contribution in [0.3, 0.4) is 0 Å². The third-order valence-corrected chi connectivity index (χ3v) is 5.66. The molecule has 0 fully saturated rings. The Hall–Kier alpha value is -2.97. The van der Waals surface area contributed by atoms with Crippen molar-refractivity contribution < 1.29 is 17.5 Å². The monoisotopic (exact) mass is 401 g/mol. The topological polar surface area (TPSA) is 73.2 Å². The third kappa shape index (κ3) is 3.97. The molecule has 8 heteroatoms. The van der Waals surface area contributed by atoms with Crippen molar-refractivity contribution in [3.05, 3.63) is 79.0 Å². The predicted octanol–water partition coefficient (Wildman–Crippen LogP) is 3.21. The summed E-state index contributed by atoms with van der Waals surface area (Å²) in [6.07, 6.45) is 4.36. The molecule has 0 aliphatic rings. The first kappa shape index (κ1) is 19.8. The average molecular weight is 401 g/mol. The van der Waals surface area contributed by atoms with Gasteiger partial charge < -0.3 is 10.1 Å². The van der Waals surface area contributed by atoms with Crippen LogP contribution in [0.25, 0.3) is 11.3 Å². The minimum Gasteiger partial charge on any atom is -0.490 e. The molecule has 0 spiro atoms. The van der Waals surface area contributed by atoms with Crippen molar-refractivity contribution >= 4 is 10.0 Å². The van der Waals surface area contributed by atoms with E-state index in [0.29, 0.717) is 17.9 Å². The highest BCUT2D eigenvalue weighted by atomic mass is 32.2. The van der Waals surface area contributed by atoms with Gasteiger partial charge in [-0.1, -0.05) is 18.7 Å². The molecular weight excluding hydrogens is 381 g/mol. The number of nitrogens with one attached hydrogen (secondary N) is 1. The van der Waals surface area contributed by atoms with E-state index < -0.39 is 16.0 Å². The van der Waals surface area contributed by atoms with Gasteiger partial charge in [-0.25, -0.2) is 17.4 Å². The maximum absolute atomic E-state index is 14.3. The summed E-state index contributed by atoms with van der Waals surface area (Å²) >= 11 is 0. The van der Waals surface area contributed by atoms with Gasteiger partial charge in [-0.2, -0.15) is 4.39 Å². The first-order chi connectivity index (χ1) is 13.5.